The minimum absolute atomic E-state index is 0.0305. The molecule has 0 saturated carbocycles. The summed E-state index contributed by atoms with van der Waals surface area (Å²) in [6, 6.07) is 14.4. The summed E-state index contributed by atoms with van der Waals surface area (Å²) in [5.74, 6) is 0.482. The van der Waals surface area contributed by atoms with E-state index in [1.807, 2.05) is 31.2 Å². The lowest BCUT2D eigenvalue weighted by atomic mass is 10.3. The number of aromatic hydroxyl groups is 2. The molecule has 2 aromatic carbocycles. The molecule has 0 aliphatic heterocycles. The van der Waals surface area contributed by atoms with E-state index in [1.165, 1.54) is 23.5 Å². The van der Waals surface area contributed by atoms with Gasteiger partial charge >= 0.3 is 0 Å². The average Bonchev–Trinajstić information content (AvgIpc) is 2.55. The summed E-state index contributed by atoms with van der Waals surface area (Å²) in [7, 11) is 0. The number of hydrogen-bond donors (Lipinski definition) is 2. The van der Waals surface area contributed by atoms with Gasteiger partial charge in [0.15, 0.2) is 0 Å². The first kappa shape index (κ1) is 18.0. The Kier molecular flexibility index (Phi) is 7.61. The van der Waals surface area contributed by atoms with Crippen LogP contribution in [0.1, 0.15) is 6.92 Å². The number of benzene rings is 2. The summed E-state index contributed by atoms with van der Waals surface area (Å²) in [6.45, 7) is 3.17. The maximum Gasteiger partial charge on any atom is 0.146 e. The van der Waals surface area contributed by atoms with Gasteiger partial charge in [-0.25, -0.2) is 0 Å². The third-order valence-corrected chi connectivity index (χ3v) is 5.45. The fourth-order valence-electron chi connectivity index (χ4n) is 1.78. The van der Waals surface area contributed by atoms with Crippen molar-refractivity contribution in [2.45, 2.75) is 21.3 Å². The highest BCUT2D eigenvalue weighted by Crippen LogP contribution is 2.41. The van der Waals surface area contributed by atoms with Crippen LogP contribution in [0.3, 0.4) is 0 Å². The highest BCUT2D eigenvalue weighted by molar-refractivity contribution is 8.17. The van der Waals surface area contributed by atoms with E-state index >= 15 is 0 Å². The molecular weight excluding hydrogens is 332 g/mol. The Labute approximate surface area is 144 Å². The lowest BCUT2D eigenvalue weighted by Crippen LogP contribution is -2.10. The zero-order chi connectivity index (χ0) is 16.5. The van der Waals surface area contributed by atoms with Crippen molar-refractivity contribution in [1.82, 2.24) is 0 Å². The Bertz CT molecular complexity index is 559. The largest absolute Gasteiger partial charge is 0.507 e. The quantitative estimate of drug-likeness (QED) is 0.398. The first-order chi connectivity index (χ1) is 11.2. The van der Waals surface area contributed by atoms with Crippen molar-refractivity contribution in [3.05, 3.63) is 48.5 Å². The van der Waals surface area contributed by atoms with Crippen molar-refractivity contribution >= 4 is 23.5 Å². The van der Waals surface area contributed by atoms with Gasteiger partial charge in [0.25, 0.3) is 0 Å². The molecular formula is C17H20O4S2. The molecule has 0 heterocycles. The standard InChI is InChI=1S/C17H20O4S2/c1-2-20-12-21-11-17(22-15-9-5-3-7-13(15)18)23-16-10-6-4-8-14(16)19/h3-10,17-19H,2,11-12H2,1H3. The fourth-order valence-corrected chi connectivity index (χ4v) is 4.18. The van der Waals surface area contributed by atoms with Crippen LogP contribution in [0, 0.1) is 0 Å². The summed E-state index contributed by atoms with van der Waals surface area (Å²) in [5.41, 5.74) is 0. The van der Waals surface area contributed by atoms with Gasteiger partial charge in [-0.15, -0.1) is 23.5 Å². The van der Waals surface area contributed by atoms with Crippen molar-refractivity contribution in [1.29, 1.82) is 0 Å². The van der Waals surface area contributed by atoms with Crippen LogP contribution in [0.4, 0.5) is 0 Å². The number of para-hydroxylation sites is 2. The van der Waals surface area contributed by atoms with Gasteiger partial charge in [-0.2, -0.15) is 0 Å². The number of hydrogen-bond acceptors (Lipinski definition) is 6. The molecule has 0 bridgehead atoms. The molecule has 0 radical (unpaired) electrons. The molecule has 23 heavy (non-hydrogen) atoms. The molecule has 0 amide bonds. The first-order valence-electron chi connectivity index (χ1n) is 7.25. The summed E-state index contributed by atoms with van der Waals surface area (Å²) < 4.78 is 10.7. The zero-order valence-electron chi connectivity index (χ0n) is 12.8. The van der Waals surface area contributed by atoms with Gasteiger partial charge in [-0.05, 0) is 31.2 Å². The molecule has 0 aliphatic carbocycles. The van der Waals surface area contributed by atoms with Crippen LogP contribution < -0.4 is 0 Å². The Balaban J connectivity index is 2.05. The van der Waals surface area contributed by atoms with Crippen LogP contribution in [0.2, 0.25) is 0 Å². The minimum atomic E-state index is -0.0305. The van der Waals surface area contributed by atoms with E-state index in [1.54, 1.807) is 24.3 Å². The molecule has 0 aromatic heterocycles. The summed E-state index contributed by atoms with van der Waals surface area (Å²) in [5, 5.41) is 19.9. The van der Waals surface area contributed by atoms with E-state index in [0.717, 1.165) is 9.79 Å². The smallest absolute Gasteiger partial charge is 0.146 e. The normalized spacial score (nSPS) is 11.0. The maximum atomic E-state index is 9.94. The Hall–Kier alpha value is -1.34. The van der Waals surface area contributed by atoms with E-state index < -0.39 is 0 Å². The molecule has 0 aliphatic rings. The van der Waals surface area contributed by atoms with Gasteiger partial charge in [0.05, 0.1) is 21.0 Å². The zero-order valence-corrected chi connectivity index (χ0v) is 14.5. The van der Waals surface area contributed by atoms with Gasteiger partial charge in [0.2, 0.25) is 0 Å². The minimum Gasteiger partial charge on any atom is -0.507 e. The summed E-state index contributed by atoms with van der Waals surface area (Å²) in [6.07, 6.45) is 0. The third kappa shape index (κ3) is 5.99. The molecule has 0 unspecified atom stereocenters. The number of ether oxygens (including phenoxy) is 2. The second-order valence-corrected chi connectivity index (χ2v) is 7.37. The molecule has 0 spiro atoms. The maximum absolute atomic E-state index is 9.94. The van der Waals surface area contributed by atoms with E-state index in [2.05, 4.69) is 0 Å². The number of phenols is 2. The molecule has 124 valence electrons. The van der Waals surface area contributed by atoms with E-state index in [-0.39, 0.29) is 22.9 Å². The summed E-state index contributed by atoms with van der Waals surface area (Å²) >= 11 is 3.00. The van der Waals surface area contributed by atoms with Crippen LogP contribution in [0.25, 0.3) is 0 Å². The first-order valence-corrected chi connectivity index (χ1v) is 9.01. The number of phenolic OH excluding ortho intramolecular Hbond substituents is 2. The lowest BCUT2D eigenvalue weighted by Gasteiger charge is -2.17. The van der Waals surface area contributed by atoms with Crippen LogP contribution in [0.15, 0.2) is 58.3 Å². The molecule has 0 saturated heterocycles. The summed E-state index contributed by atoms with van der Waals surface area (Å²) in [4.78, 5) is 1.56. The average molecular weight is 352 g/mol. The molecule has 2 aromatic rings. The second-order valence-electron chi connectivity index (χ2n) is 4.58. The number of rotatable bonds is 9. The molecule has 0 atom stereocenters. The second kappa shape index (κ2) is 9.72. The van der Waals surface area contributed by atoms with Gasteiger partial charge < -0.3 is 19.7 Å². The molecule has 2 rings (SSSR count). The SMILES string of the molecule is CCOCOCC(Sc1ccccc1O)Sc1ccccc1O. The lowest BCUT2D eigenvalue weighted by molar-refractivity contribution is -0.0450. The predicted octanol–water partition coefficient (Wildman–Crippen LogP) is 4.32. The van der Waals surface area contributed by atoms with Gasteiger partial charge in [-0.1, -0.05) is 24.3 Å². The Morgan fingerprint density at radius 3 is 1.87 bits per heavy atom. The highest BCUT2D eigenvalue weighted by Gasteiger charge is 2.16. The van der Waals surface area contributed by atoms with Crippen LogP contribution >= 0.6 is 23.5 Å². The van der Waals surface area contributed by atoms with Crippen molar-refractivity contribution in [3.8, 4) is 11.5 Å². The molecule has 0 fully saturated rings. The number of thioether (sulfide) groups is 2. The van der Waals surface area contributed by atoms with Crippen LogP contribution in [-0.2, 0) is 9.47 Å². The van der Waals surface area contributed by atoms with E-state index in [9.17, 15) is 10.2 Å². The third-order valence-electron chi connectivity index (χ3n) is 2.87. The van der Waals surface area contributed by atoms with Crippen molar-refractivity contribution in [2.75, 3.05) is 20.0 Å². The van der Waals surface area contributed by atoms with Crippen LogP contribution in [0.5, 0.6) is 11.5 Å². The van der Waals surface area contributed by atoms with Gasteiger partial charge in [-0.3, -0.25) is 0 Å². The highest BCUT2D eigenvalue weighted by atomic mass is 32.2. The predicted molar refractivity (Wildman–Crippen MR) is 94.2 cm³/mol. The fraction of sp³-hybridized carbons (Fsp3) is 0.294. The Morgan fingerprint density at radius 1 is 0.870 bits per heavy atom. The van der Waals surface area contributed by atoms with Gasteiger partial charge in [0, 0.05) is 6.61 Å². The van der Waals surface area contributed by atoms with Crippen molar-refractivity contribution < 1.29 is 19.7 Å². The van der Waals surface area contributed by atoms with Crippen molar-refractivity contribution in [2.24, 2.45) is 0 Å². The molecule has 2 N–H and O–H groups in total. The monoisotopic (exact) mass is 352 g/mol. The van der Waals surface area contributed by atoms with E-state index in [4.69, 9.17) is 9.47 Å². The van der Waals surface area contributed by atoms with Gasteiger partial charge in [0.1, 0.15) is 18.3 Å². The van der Waals surface area contributed by atoms with Crippen molar-refractivity contribution in [3.63, 3.8) is 0 Å². The molecule has 6 heteroatoms. The van der Waals surface area contributed by atoms with Crippen LogP contribution in [-0.4, -0.2) is 34.8 Å². The Morgan fingerprint density at radius 2 is 1.39 bits per heavy atom. The topological polar surface area (TPSA) is 58.9 Å². The van der Waals surface area contributed by atoms with E-state index in [0.29, 0.717) is 13.2 Å². The molecule has 4 nitrogen and oxygen atoms in total.